The number of hydrogen-bond acceptors (Lipinski definition) is 7. The van der Waals surface area contributed by atoms with Crippen LogP contribution in [0.2, 0.25) is 0 Å². The van der Waals surface area contributed by atoms with Crippen LogP contribution in [0.5, 0.6) is 11.5 Å². The summed E-state index contributed by atoms with van der Waals surface area (Å²) >= 11 is 0. The van der Waals surface area contributed by atoms with E-state index in [1.165, 1.54) is 0 Å². The zero-order valence-corrected chi connectivity index (χ0v) is 18.6. The summed E-state index contributed by atoms with van der Waals surface area (Å²) in [6, 6.07) is 15.7. The van der Waals surface area contributed by atoms with E-state index in [4.69, 9.17) is 20.2 Å². The minimum Gasteiger partial charge on any atom is -0.497 e. The van der Waals surface area contributed by atoms with Gasteiger partial charge in [-0.3, -0.25) is 4.99 Å². The van der Waals surface area contributed by atoms with Crippen LogP contribution in [-0.4, -0.2) is 36.9 Å². The molecule has 0 unspecified atom stereocenters. The highest BCUT2D eigenvalue weighted by Gasteiger charge is 2.24. The summed E-state index contributed by atoms with van der Waals surface area (Å²) in [5, 5.41) is 3.26. The number of aliphatic imine (C=N–C) groups is 1. The summed E-state index contributed by atoms with van der Waals surface area (Å²) in [5.41, 5.74) is 12.9. The fraction of sp³-hybridized carbons (Fsp3) is 0.240. The molecular formula is C25H27N5O2. The van der Waals surface area contributed by atoms with Gasteiger partial charge in [-0.15, -0.1) is 0 Å². The van der Waals surface area contributed by atoms with E-state index in [-0.39, 0.29) is 0 Å². The SMILES string of the molecule is CN=C(Cc1ccc(OC)cc1)C1=C(N)CCc2cnc(Nc3ccccc3OC)nc21. The van der Waals surface area contributed by atoms with Crippen molar-refractivity contribution < 1.29 is 9.47 Å². The van der Waals surface area contributed by atoms with Crippen LogP contribution in [0.25, 0.3) is 5.57 Å². The largest absolute Gasteiger partial charge is 0.497 e. The zero-order valence-electron chi connectivity index (χ0n) is 18.6. The lowest BCUT2D eigenvalue weighted by atomic mass is 9.88. The minimum absolute atomic E-state index is 0.486. The van der Waals surface area contributed by atoms with Crippen molar-refractivity contribution in [3.8, 4) is 11.5 Å². The Balaban J connectivity index is 1.67. The number of anilines is 2. The molecule has 164 valence electrons. The summed E-state index contributed by atoms with van der Waals surface area (Å²) in [5.74, 6) is 2.03. The van der Waals surface area contributed by atoms with Gasteiger partial charge in [0, 0.05) is 36.6 Å². The second kappa shape index (κ2) is 9.51. The van der Waals surface area contributed by atoms with E-state index in [1.54, 1.807) is 21.3 Å². The van der Waals surface area contributed by atoms with E-state index in [1.807, 2.05) is 54.7 Å². The number of fused-ring (bicyclic) bond motifs is 1. The molecule has 0 fully saturated rings. The summed E-state index contributed by atoms with van der Waals surface area (Å²) < 4.78 is 10.7. The van der Waals surface area contributed by atoms with E-state index in [2.05, 4.69) is 15.3 Å². The van der Waals surface area contributed by atoms with Crippen LogP contribution in [0.15, 0.2) is 65.4 Å². The third kappa shape index (κ3) is 4.42. The summed E-state index contributed by atoms with van der Waals surface area (Å²) in [6.45, 7) is 0. The Morgan fingerprint density at radius 1 is 1.06 bits per heavy atom. The van der Waals surface area contributed by atoms with Gasteiger partial charge in [0.05, 0.1) is 25.6 Å². The Labute approximate surface area is 188 Å². The molecular weight excluding hydrogens is 402 g/mol. The quantitative estimate of drug-likeness (QED) is 0.548. The Morgan fingerprint density at radius 3 is 2.56 bits per heavy atom. The average Bonchev–Trinajstić information content (AvgIpc) is 2.83. The van der Waals surface area contributed by atoms with E-state index in [0.29, 0.717) is 12.4 Å². The van der Waals surface area contributed by atoms with Crippen molar-refractivity contribution in [3.63, 3.8) is 0 Å². The number of hydrogen-bond donors (Lipinski definition) is 2. The highest BCUT2D eigenvalue weighted by Crippen LogP contribution is 2.32. The second-order valence-electron chi connectivity index (χ2n) is 7.49. The predicted molar refractivity (Wildman–Crippen MR) is 128 cm³/mol. The van der Waals surface area contributed by atoms with Crippen molar-refractivity contribution in [2.45, 2.75) is 19.3 Å². The number of methoxy groups -OCH3 is 2. The smallest absolute Gasteiger partial charge is 0.227 e. The fourth-order valence-electron chi connectivity index (χ4n) is 3.82. The van der Waals surface area contributed by atoms with Crippen molar-refractivity contribution >= 4 is 22.9 Å². The van der Waals surface area contributed by atoms with Gasteiger partial charge in [-0.05, 0) is 48.2 Å². The predicted octanol–water partition coefficient (Wildman–Crippen LogP) is 4.17. The molecule has 3 aromatic rings. The van der Waals surface area contributed by atoms with Crippen LogP contribution in [-0.2, 0) is 12.8 Å². The molecule has 0 saturated carbocycles. The first kappa shape index (κ1) is 21.4. The zero-order chi connectivity index (χ0) is 22.5. The lowest BCUT2D eigenvalue weighted by Gasteiger charge is -2.22. The minimum atomic E-state index is 0.486. The van der Waals surface area contributed by atoms with E-state index in [9.17, 15) is 0 Å². The van der Waals surface area contributed by atoms with Crippen molar-refractivity contribution in [1.29, 1.82) is 0 Å². The van der Waals surface area contributed by atoms with Crippen LogP contribution >= 0.6 is 0 Å². The number of nitrogens with one attached hydrogen (secondary N) is 1. The van der Waals surface area contributed by atoms with Crippen LogP contribution < -0.4 is 20.5 Å². The van der Waals surface area contributed by atoms with Crippen LogP contribution in [0.4, 0.5) is 11.6 Å². The van der Waals surface area contributed by atoms with Gasteiger partial charge in [0.2, 0.25) is 5.95 Å². The van der Waals surface area contributed by atoms with Gasteiger partial charge in [-0.25, -0.2) is 9.97 Å². The van der Waals surface area contributed by atoms with Crippen molar-refractivity contribution in [1.82, 2.24) is 9.97 Å². The number of nitrogens with zero attached hydrogens (tertiary/aromatic N) is 3. The number of benzene rings is 2. The summed E-state index contributed by atoms with van der Waals surface area (Å²) in [4.78, 5) is 13.9. The molecule has 0 saturated heterocycles. The Hall–Kier alpha value is -3.87. The third-order valence-corrected chi connectivity index (χ3v) is 5.53. The number of aromatic nitrogens is 2. The molecule has 0 aliphatic heterocycles. The molecule has 3 N–H and O–H groups in total. The molecule has 2 aromatic carbocycles. The average molecular weight is 430 g/mol. The normalized spacial score (nSPS) is 13.5. The number of aryl methyl sites for hydroxylation is 1. The Kier molecular flexibility index (Phi) is 6.35. The number of allylic oxidation sites excluding steroid dienone is 2. The van der Waals surface area contributed by atoms with Crippen LogP contribution in [0, 0.1) is 0 Å². The molecule has 0 radical (unpaired) electrons. The van der Waals surface area contributed by atoms with Crippen molar-refractivity contribution in [3.05, 3.63) is 77.2 Å². The highest BCUT2D eigenvalue weighted by molar-refractivity contribution is 6.25. The van der Waals surface area contributed by atoms with Gasteiger partial charge in [0.1, 0.15) is 11.5 Å². The second-order valence-corrected chi connectivity index (χ2v) is 7.49. The van der Waals surface area contributed by atoms with E-state index in [0.717, 1.165) is 63.8 Å². The Morgan fingerprint density at radius 2 is 1.84 bits per heavy atom. The summed E-state index contributed by atoms with van der Waals surface area (Å²) in [6.07, 6.45) is 4.08. The van der Waals surface area contributed by atoms with Gasteiger partial charge in [-0.1, -0.05) is 24.3 Å². The molecule has 1 heterocycles. The molecule has 1 aliphatic carbocycles. The molecule has 1 aromatic heterocycles. The molecule has 7 nitrogen and oxygen atoms in total. The van der Waals surface area contributed by atoms with Crippen LogP contribution in [0.1, 0.15) is 23.2 Å². The highest BCUT2D eigenvalue weighted by atomic mass is 16.5. The summed E-state index contributed by atoms with van der Waals surface area (Å²) in [7, 11) is 5.09. The lowest BCUT2D eigenvalue weighted by molar-refractivity contribution is 0.414. The molecule has 0 amide bonds. The maximum Gasteiger partial charge on any atom is 0.227 e. The standard InChI is InChI=1S/C25H27N5O2/c1-27-21(14-16-8-11-18(31-2)12-9-16)23-19(26)13-10-17-15-28-25(30-24(17)23)29-20-6-4-5-7-22(20)32-3/h4-9,11-12,15H,10,13-14,26H2,1-3H3,(H,28,29,30). The molecule has 7 heteroatoms. The lowest BCUT2D eigenvalue weighted by Crippen LogP contribution is -2.20. The fourth-order valence-corrected chi connectivity index (χ4v) is 3.82. The molecule has 1 aliphatic rings. The van der Waals surface area contributed by atoms with Gasteiger partial charge in [-0.2, -0.15) is 0 Å². The van der Waals surface area contributed by atoms with E-state index < -0.39 is 0 Å². The first-order valence-corrected chi connectivity index (χ1v) is 10.5. The van der Waals surface area contributed by atoms with Crippen LogP contribution in [0.3, 0.4) is 0 Å². The van der Waals surface area contributed by atoms with E-state index >= 15 is 0 Å². The third-order valence-electron chi connectivity index (χ3n) is 5.53. The van der Waals surface area contributed by atoms with Crippen molar-refractivity contribution in [2.24, 2.45) is 10.7 Å². The maximum absolute atomic E-state index is 6.50. The van der Waals surface area contributed by atoms with Gasteiger partial charge >= 0.3 is 0 Å². The number of nitrogens with two attached hydrogens (primary N) is 1. The first-order chi connectivity index (χ1) is 15.6. The van der Waals surface area contributed by atoms with Gasteiger partial charge in [0.15, 0.2) is 0 Å². The first-order valence-electron chi connectivity index (χ1n) is 10.5. The molecule has 32 heavy (non-hydrogen) atoms. The van der Waals surface area contributed by atoms with Gasteiger partial charge in [0.25, 0.3) is 0 Å². The monoisotopic (exact) mass is 429 g/mol. The Bertz CT molecular complexity index is 1170. The topological polar surface area (TPSA) is 94.7 Å². The number of ether oxygens (including phenoxy) is 2. The number of para-hydroxylation sites is 2. The van der Waals surface area contributed by atoms with Gasteiger partial charge < -0.3 is 20.5 Å². The molecule has 4 rings (SSSR count). The molecule has 0 atom stereocenters. The van der Waals surface area contributed by atoms with Crippen molar-refractivity contribution in [2.75, 3.05) is 26.6 Å². The molecule has 0 spiro atoms. The maximum atomic E-state index is 6.50. The number of rotatable bonds is 7. The molecule has 0 bridgehead atoms.